The van der Waals surface area contributed by atoms with Gasteiger partial charge < -0.3 is 10.1 Å². The Kier molecular flexibility index (Phi) is 9.50. The first-order valence-electron chi connectivity index (χ1n) is 12.0. The van der Waals surface area contributed by atoms with Gasteiger partial charge >= 0.3 is 5.97 Å². The summed E-state index contributed by atoms with van der Waals surface area (Å²) in [7, 11) is 0. The van der Waals surface area contributed by atoms with Crippen molar-refractivity contribution in [2.45, 2.75) is 97.5 Å². The van der Waals surface area contributed by atoms with Gasteiger partial charge in [-0.1, -0.05) is 63.1 Å². The van der Waals surface area contributed by atoms with Gasteiger partial charge in [0.15, 0.2) is 0 Å². The number of hydrogen-bond acceptors (Lipinski definition) is 4. The summed E-state index contributed by atoms with van der Waals surface area (Å²) in [5.41, 5.74) is 0.587. The third-order valence-electron chi connectivity index (χ3n) is 6.45. The number of hydrogen-bond donors (Lipinski definition) is 1. The van der Waals surface area contributed by atoms with Crippen LogP contribution in [0.5, 0.6) is 0 Å². The molecule has 2 rings (SSSR count). The molecule has 0 saturated carbocycles. The summed E-state index contributed by atoms with van der Waals surface area (Å²) in [5, 5.41) is 3.23. The predicted molar refractivity (Wildman–Crippen MR) is 130 cm³/mol. The summed E-state index contributed by atoms with van der Waals surface area (Å²) >= 11 is 0. The fourth-order valence-electron chi connectivity index (χ4n) is 4.89. The molecule has 32 heavy (non-hydrogen) atoms. The molecular weight excluding hydrogens is 400 g/mol. The Hall–Kier alpha value is -2.14. The van der Waals surface area contributed by atoms with Crippen molar-refractivity contribution in [1.29, 1.82) is 0 Å². The number of amides is 1. The number of likely N-dealkylation sites (tertiary alicyclic amines) is 1. The standard InChI is InChI=1S/C27H42N2O3/c1-8-20(9-2)16-23(28-19(4)30)25-22(10-3)17-24(26(31)32-27(5,6)7)29(25)18-21-14-12-11-13-15-21/h10-15,20,22-25H,3,8-9,16-18H2,1-2,4-7H3,(H,28,30)/t22-,23?,24-,25-/m1/s1. The van der Waals surface area contributed by atoms with Crippen LogP contribution >= 0.6 is 0 Å². The zero-order valence-corrected chi connectivity index (χ0v) is 20.8. The van der Waals surface area contributed by atoms with Crippen LogP contribution in [0, 0.1) is 11.8 Å². The molecule has 0 spiro atoms. The van der Waals surface area contributed by atoms with E-state index >= 15 is 0 Å². The summed E-state index contributed by atoms with van der Waals surface area (Å²) in [5.74, 6) is 0.356. The van der Waals surface area contributed by atoms with E-state index in [2.05, 4.69) is 42.8 Å². The van der Waals surface area contributed by atoms with E-state index in [1.165, 1.54) is 0 Å². The zero-order chi connectivity index (χ0) is 23.9. The second-order valence-corrected chi connectivity index (χ2v) is 10.1. The maximum atomic E-state index is 13.3. The molecule has 0 radical (unpaired) electrons. The molecule has 178 valence electrons. The Labute approximate surface area is 194 Å². The van der Waals surface area contributed by atoms with Crippen LogP contribution in [0.25, 0.3) is 0 Å². The normalized spacial score (nSPS) is 22.5. The van der Waals surface area contributed by atoms with E-state index in [1.54, 1.807) is 6.92 Å². The van der Waals surface area contributed by atoms with Gasteiger partial charge in [0, 0.05) is 25.6 Å². The van der Waals surface area contributed by atoms with Crippen LogP contribution < -0.4 is 5.32 Å². The van der Waals surface area contributed by atoms with Crippen molar-refractivity contribution >= 4 is 11.9 Å². The maximum absolute atomic E-state index is 13.3. The van der Waals surface area contributed by atoms with E-state index in [1.807, 2.05) is 45.0 Å². The molecule has 1 amide bonds. The van der Waals surface area contributed by atoms with E-state index < -0.39 is 5.60 Å². The second kappa shape index (κ2) is 11.6. The lowest BCUT2D eigenvalue weighted by Gasteiger charge is -2.38. The molecule has 1 unspecified atom stereocenters. The fourth-order valence-corrected chi connectivity index (χ4v) is 4.89. The Morgan fingerprint density at radius 1 is 1.22 bits per heavy atom. The van der Waals surface area contributed by atoms with Gasteiger partial charge in [0.1, 0.15) is 11.6 Å². The van der Waals surface area contributed by atoms with Gasteiger partial charge in [-0.25, -0.2) is 0 Å². The summed E-state index contributed by atoms with van der Waals surface area (Å²) in [6.07, 6.45) is 5.61. The van der Waals surface area contributed by atoms with Gasteiger partial charge in [-0.3, -0.25) is 14.5 Å². The van der Waals surface area contributed by atoms with Crippen LogP contribution in [0.2, 0.25) is 0 Å². The maximum Gasteiger partial charge on any atom is 0.323 e. The highest BCUT2D eigenvalue weighted by molar-refractivity contribution is 5.77. The van der Waals surface area contributed by atoms with E-state index in [-0.39, 0.29) is 35.9 Å². The number of esters is 1. The van der Waals surface area contributed by atoms with Gasteiger partial charge in [0.05, 0.1) is 0 Å². The van der Waals surface area contributed by atoms with Crippen LogP contribution in [-0.4, -0.2) is 40.5 Å². The van der Waals surface area contributed by atoms with Crippen LogP contribution in [0.4, 0.5) is 0 Å². The number of benzene rings is 1. The molecule has 5 heteroatoms. The first kappa shape index (κ1) is 26.1. The number of nitrogens with zero attached hydrogens (tertiary/aromatic N) is 1. The van der Waals surface area contributed by atoms with E-state index in [0.717, 1.165) is 24.8 Å². The average molecular weight is 443 g/mol. The highest BCUT2D eigenvalue weighted by Gasteiger charge is 2.48. The lowest BCUT2D eigenvalue weighted by molar-refractivity contribution is -0.161. The summed E-state index contributed by atoms with van der Waals surface area (Å²) in [6, 6.07) is 9.74. The molecule has 1 aliphatic heterocycles. The van der Waals surface area contributed by atoms with Crippen LogP contribution in [0.1, 0.15) is 72.8 Å². The smallest absolute Gasteiger partial charge is 0.323 e. The number of carbonyl (C=O) groups excluding carboxylic acids is 2. The third-order valence-corrected chi connectivity index (χ3v) is 6.45. The average Bonchev–Trinajstić information content (AvgIpc) is 3.08. The number of ether oxygens (including phenoxy) is 1. The van der Waals surface area contributed by atoms with Crippen molar-refractivity contribution in [3.63, 3.8) is 0 Å². The molecule has 4 atom stereocenters. The molecule has 5 nitrogen and oxygen atoms in total. The molecule has 1 fully saturated rings. The van der Waals surface area contributed by atoms with Gasteiger partial charge in [-0.05, 0) is 51.0 Å². The fraction of sp³-hybridized carbons (Fsp3) is 0.630. The molecule has 1 aromatic rings. The summed E-state index contributed by atoms with van der Waals surface area (Å²) in [6.45, 7) is 16.4. The highest BCUT2D eigenvalue weighted by Crippen LogP contribution is 2.37. The first-order chi connectivity index (χ1) is 15.1. The molecule has 1 N–H and O–H groups in total. The van der Waals surface area contributed by atoms with Gasteiger partial charge in [-0.2, -0.15) is 0 Å². The number of rotatable bonds is 10. The predicted octanol–water partition coefficient (Wildman–Crippen LogP) is 5.10. The van der Waals surface area contributed by atoms with Gasteiger partial charge in [-0.15, -0.1) is 6.58 Å². The summed E-state index contributed by atoms with van der Waals surface area (Å²) in [4.78, 5) is 27.7. The SMILES string of the molecule is C=C[C@@H]1C[C@H](C(=O)OC(C)(C)C)N(Cc2ccccc2)[C@H]1C(CC(CC)CC)NC(C)=O. The molecular formula is C27H42N2O3. The summed E-state index contributed by atoms with van der Waals surface area (Å²) < 4.78 is 5.81. The largest absolute Gasteiger partial charge is 0.459 e. The van der Waals surface area contributed by atoms with E-state index in [9.17, 15) is 9.59 Å². The van der Waals surface area contributed by atoms with Crippen LogP contribution in [-0.2, 0) is 20.9 Å². The van der Waals surface area contributed by atoms with Crippen LogP contribution in [0.3, 0.4) is 0 Å². The molecule has 0 bridgehead atoms. The van der Waals surface area contributed by atoms with Crippen molar-refractivity contribution in [2.75, 3.05) is 0 Å². The van der Waals surface area contributed by atoms with Crippen LogP contribution in [0.15, 0.2) is 43.0 Å². The van der Waals surface area contributed by atoms with Crippen molar-refractivity contribution < 1.29 is 14.3 Å². The van der Waals surface area contributed by atoms with Crippen molar-refractivity contribution in [2.24, 2.45) is 11.8 Å². The number of nitrogens with one attached hydrogen (secondary N) is 1. The number of carbonyl (C=O) groups is 2. The van der Waals surface area contributed by atoms with Crippen molar-refractivity contribution in [1.82, 2.24) is 10.2 Å². The van der Waals surface area contributed by atoms with Gasteiger partial charge in [0.25, 0.3) is 0 Å². The minimum Gasteiger partial charge on any atom is -0.459 e. The molecule has 1 aromatic carbocycles. The lowest BCUT2D eigenvalue weighted by Crippen LogP contribution is -2.54. The highest BCUT2D eigenvalue weighted by atomic mass is 16.6. The van der Waals surface area contributed by atoms with E-state index in [4.69, 9.17) is 4.74 Å². The Bertz CT molecular complexity index is 752. The molecule has 1 heterocycles. The molecule has 1 saturated heterocycles. The Balaban J connectivity index is 2.46. The van der Waals surface area contributed by atoms with Gasteiger partial charge in [0.2, 0.25) is 5.91 Å². The minimum atomic E-state index is -0.552. The monoisotopic (exact) mass is 442 g/mol. The van der Waals surface area contributed by atoms with Crippen molar-refractivity contribution in [3.05, 3.63) is 48.6 Å². The minimum absolute atomic E-state index is 0.0188. The Morgan fingerprint density at radius 3 is 2.34 bits per heavy atom. The topological polar surface area (TPSA) is 58.6 Å². The third kappa shape index (κ3) is 7.19. The lowest BCUT2D eigenvalue weighted by atomic mass is 9.85. The zero-order valence-electron chi connectivity index (χ0n) is 20.8. The first-order valence-corrected chi connectivity index (χ1v) is 12.0. The Morgan fingerprint density at radius 2 is 1.84 bits per heavy atom. The quantitative estimate of drug-likeness (QED) is 0.404. The molecule has 0 aliphatic carbocycles. The molecule has 1 aliphatic rings. The molecule has 0 aromatic heterocycles. The van der Waals surface area contributed by atoms with E-state index in [0.29, 0.717) is 18.9 Å². The van der Waals surface area contributed by atoms with Crippen molar-refractivity contribution in [3.8, 4) is 0 Å². The second-order valence-electron chi connectivity index (χ2n) is 10.1.